The summed E-state index contributed by atoms with van der Waals surface area (Å²) < 4.78 is 26.8. The first-order valence-corrected chi connectivity index (χ1v) is 8.54. The predicted octanol–water partition coefficient (Wildman–Crippen LogP) is 2.89. The smallest absolute Gasteiger partial charge is 0.258 e. The van der Waals surface area contributed by atoms with Gasteiger partial charge in [-0.3, -0.25) is 10.1 Å². The lowest BCUT2D eigenvalue weighted by molar-refractivity contribution is -0.385. The Bertz CT molecular complexity index is 572. The molecule has 0 aliphatic rings. The molecular weight excluding hydrogens is 292 g/mol. The van der Waals surface area contributed by atoms with Crippen LogP contribution in [0.1, 0.15) is 39.5 Å². The topological polar surface area (TPSA) is 89.3 Å². The van der Waals surface area contributed by atoms with E-state index in [1.165, 1.54) is 12.1 Å². The Morgan fingerprint density at radius 3 is 2.71 bits per heavy atom. The number of nitro benzene ring substituents is 1. The molecule has 7 heteroatoms. The zero-order valence-electron chi connectivity index (χ0n) is 12.3. The number of rotatable bonds is 9. The Morgan fingerprint density at radius 1 is 1.43 bits per heavy atom. The van der Waals surface area contributed by atoms with Crippen LogP contribution in [-0.4, -0.2) is 19.9 Å². The molecule has 1 N–H and O–H groups in total. The van der Waals surface area contributed by atoms with E-state index in [1.54, 1.807) is 0 Å². The molecule has 1 aromatic carbocycles. The summed E-state index contributed by atoms with van der Waals surface area (Å²) in [5, 5.41) is 10.7. The Hall–Kier alpha value is -1.47. The van der Waals surface area contributed by atoms with Crippen LogP contribution in [0.15, 0.2) is 23.1 Å². The van der Waals surface area contributed by atoms with Crippen LogP contribution in [-0.2, 0) is 10.0 Å². The highest BCUT2D eigenvalue weighted by molar-refractivity contribution is 7.89. The van der Waals surface area contributed by atoms with E-state index in [4.69, 9.17) is 0 Å². The van der Waals surface area contributed by atoms with Crippen molar-refractivity contribution < 1.29 is 13.3 Å². The Labute approximate surface area is 125 Å². The summed E-state index contributed by atoms with van der Waals surface area (Å²) in [7, 11) is -3.76. The lowest BCUT2D eigenvalue weighted by Gasteiger charge is -2.15. The van der Waals surface area contributed by atoms with E-state index in [-0.39, 0.29) is 16.5 Å². The minimum absolute atomic E-state index is 0.193. The molecule has 0 amide bonds. The molecule has 0 bridgehead atoms. The zero-order chi connectivity index (χ0) is 15.9. The zero-order valence-corrected chi connectivity index (χ0v) is 13.1. The number of nitrogens with zero attached hydrogens (tertiary/aromatic N) is 1. The summed E-state index contributed by atoms with van der Waals surface area (Å²) in [6.45, 7) is 4.46. The molecule has 0 spiro atoms. The molecule has 0 fully saturated rings. The number of nitro groups is 1. The summed E-state index contributed by atoms with van der Waals surface area (Å²) in [5.41, 5.74) is -0.257. The van der Waals surface area contributed by atoms with Crippen molar-refractivity contribution in [1.29, 1.82) is 0 Å². The van der Waals surface area contributed by atoms with Crippen LogP contribution in [0.5, 0.6) is 0 Å². The average molecular weight is 313 g/mol. The molecule has 21 heavy (non-hydrogen) atoms. The van der Waals surface area contributed by atoms with Gasteiger partial charge in [0.15, 0.2) is 0 Å². The van der Waals surface area contributed by atoms with Crippen molar-refractivity contribution in [1.82, 2.24) is 4.72 Å². The second kappa shape index (κ2) is 8.09. The fraction of sp³-hybridized carbons (Fsp3) is 0.571. The molecule has 1 rings (SSSR count). The summed E-state index contributed by atoms with van der Waals surface area (Å²) in [5.74, 6) is 0.276. The highest BCUT2D eigenvalue weighted by atomic mass is 32.2. The maximum absolute atomic E-state index is 12.1. The SMILES string of the molecule is CCCCC(CC)CNS(=O)(=O)c1[c]ccc([N+](=O)[O-])c1. The van der Waals surface area contributed by atoms with Crippen LogP contribution >= 0.6 is 0 Å². The number of benzene rings is 1. The number of unbranched alkanes of at least 4 members (excludes halogenated alkanes) is 1. The van der Waals surface area contributed by atoms with E-state index in [9.17, 15) is 18.5 Å². The van der Waals surface area contributed by atoms with Gasteiger partial charge in [0, 0.05) is 24.7 Å². The first-order chi connectivity index (χ1) is 9.90. The second-order valence-corrected chi connectivity index (χ2v) is 6.67. The molecular formula is C14H21N2O4S. The third-order valence-electron chi connectivity index (χ3n) is 3.36. The van der Waals surface area contributed by atoms with Gasteiger partial charge in [-0.2, -0.15) is 0 Å². The highest BCUT2D eigenvalue weighted by Gasteiger charge is 2.19. The molecule has 0 saturated carbocycles. The third kappa shape index (κ3) is 5.43. The van der Waals surface area contributed by atoms with Crippen LogP contribution < -0.4 is 4.72 Å². The number of sulfonamides is 1. The maximum Gasteiger partial charge on any atom is 0.270 e. The van der Waals surface area contributed by atoms with E-state index in [1.807, 2.05) is 6.92 Å². The summed E-state index contributed by atoms with van der Waals surface area (Å²) in [6, 6.07) is 6.03. The van der Waals surface area contributed by atoms with Gasteiger partial charge in [0.05, 0.1) is 9.82 Å². The van der Waals surface area contributed by atoms with Gasteiger partial charge in [0.2, 0.25) is 10.0 Å². The van der Waals surface area contributed by atoms with Gasteiger partial charge in [-0.15, -0.1) is 0 Å². The highest BCUT2D eigenvalue weighted by Crippen LogP contribution is 2.18. The average Bonchev–Trinajstić information content (AvgIpc) is 2.47. The van der Waals surface area contributed by atoms with Crippen molar-refractivity contribution in [2.24, 2.45) is 5.92 Å². The normalized spacial score (nSPS) is 13.0. The monoisotopic (exact) mass is 313 g/mol. The number of hydrogen-bond acceptors (Lipinski definition) is 4. The first kappa shape index (κ1) is 17.6. The largest absolute Gasteiger partial charge is 0.270 e. The molecule has 1 aromatic rings. The molecule has 6 nitrogen and oxygen atoms in total. The van der Waals surface area contributed by atoms with Crippen LogP contribution in [0.4, 0.5) is 5.69 Å². The van der Waals surface area contributed by atoms with E-state index in [0.29, 0.717) is 6.54 Å². The molecule has 0 saturated heterocycles. The van der Waals surface area contributed by atoms with Crippen LogP contribution in [0.2, 0.25) is 0 Å². The third-order valence-corrected chi connectivity index (χ3v) is 4.73. The van der Waals surface area contributed by atoms with Gasteiger partial charge in [0.25, 0.3) is 5.69 Å². The van der Waals surface area contributed by atoms with Crippen molar-refractivity contribution in [3.63, 3.8) is 0 Å². The van der Waals surface area contributed by atoms with Gasteiger partial charge < -0.3 is 0 Å². The molecule has 1 unspecified atom stereocenters. The Kier molecular flexibility index (Phi) is 6.77. The number of hydrogen-bond donors (Lipinski definition) is 1. The minimum atomic E-state index is -3.76. The van der Waals surface area contributed by atoms with E-state index in [2.05, 4.69) is 17.7 Å². The molecule has 0 aromatic heterocycles. The van der Waals surface area contributed by atoms with Crippen molar-refractivity contribution in [3.8, 4) is 0 Å². The first-order valence-electron chi connectivity index (χ1n) is 7.06. The Morgan fingerprint density at radius 2 is 2.14 bits per heavy atom. The van der Waals surface area contributed by atoms with Crippen LogP contribution in [0.25, 0.3) is 0 Å². The molecule has 0 aliphatic carbocycles. The summed E-state index contributed by atoms with van der Waals surface area (Å²) in [4.78, 5) is 9.87. The minimum Gasteiger partial charge on any atom is -0.258 e. The second-order valence-electron chi connectivity index (χ2n) is 4.94. The molecule has 117 valence electrons. The lowest BCUT2D eigenvalue weighted by atomic mass is 10.00. The Balaban J connectivity index is 2.77. The van der Waals surface area contributed by atoms with E-state index >= 15 is 0 Å². The lowest BCUT2D eigenvalue weighted by Crippen LogP contribution is -2.29. The van der Waals surface area contributed by atoms with Gasteiger partial charge in [0.1, 0.15) is 0 Å². The fourth-order valence-corrected chi connectivity index (χ4v) is 3.06. The van der Waals surface area contributed by atoms with E-state index in [0.717, 1.165) is 31.7 Å². The number of nitrogens with one attached hydrogen (secondary N) is 1. The van der Waals surface area contributed by atoms with Crippen molar-refractivity contribution in [3.05, 3.63) is 34.4 Å². The van der Waals surface area contributed by atoms with Gasteiger partial charge in [-0.25, -0.2) is 13.1 Å². The molecule has 0 aliphatic heterocycles. The van der Waals surface area contributed by atoms with Crippen molar-refractivity contribution in [2.45, 2.75) is 44.4 Å². The van der Waals surface area contributed by atoms with Gasteiger partial charge in [-0.1, -0.05) is 33.1 Å². The quantitative estimate of drug-likeness (QED) is 0.560. The standard InChI is InChI=1S/C14H21N2O4S/c1-3-5-7-12(4-2)11-15-21(19,20)14-9-6-8-13(10-14)16(17)18/h6,8,10,12,15H,3-5,7,11H2,1-2H3. The van der Waals surface area contributed by atoms with Crippen molar-refractivity contribution >= 4 is 15.7 Å². The van der Waals surface area contributed by atoms with Gasteiger partial charge in [-0.05, 0) is 18.4 Å². The molecule has 0 heterocycles. The predicted molar refractivity (Wildman–Crippen MR) is 80.4 cm³/mol. The number of non-ortho nitro benzene ring substituents is 1. The van der Waals surface area contributed by atoms with Crippen LogP contribution in [0, 0.1) is 22.1 Å². The molecule has 1 atom stereocenters. The summed E-state index contributed by atoms with van der Waals surface area (Å²) in [6.07, 6.45) is 3.99. The van der Waals surface area contributed by atoms with Crippen LogP contribution in [0.3, 0.4) is 0 Å². The fourth-order valence-electron chi connectivity index (χ4n) is 1.95. The molecule has 1 radical (unpaired) electrons. The van der Waals surface area contributed by atoms with Gasteiger partial charge >= 0.3 is 0 Å². The van der Waals surface area contributed by atoms with E-state index < -0.39 is 14.9 Å². The van der Waals surface area contributed by atoms with Crippen molar-refractivity contribution in [2.75, 3.05) is 6.54 Å². The summed E-state index contributed by atoms with van der Waals surface area (Å²) >= 11 is 0. The maximum atomic E-state index is 12.1.